The van der Waals surface area contributed by atoms with Gasteiger partial charge in [0, 0.05) is 19.0 Å². The summed E-state index contributed by atoms with van der Waals surface area (Å²) < 4.78 is 0. The minimum absolute atomic E-state index is 0.403. The fraction of sp³-hybridized carbons (Fsp3) is 0.632. The Morgan fingerprint density at radius 3 is 2.43 bits per heavy atom. The highest BCUT2D eigenvalue weighted by Crippen LogP contribution is 2.71. The molecule has 21 heavy (non-hydrogen) atoms. The molecular formula is C19H25NO. The molecule has 1 aromatic carbocycles. The van der Waals surface area contributed by atoms with Crippen LogP contribution >= 0.6 is 0 Å². The lowest BCUT2D eigenvalue weighted by atomic mass is 9.81. The number of likely N-dealkylation sites (tertiary alicyclic amines) is 1. The van der Waals surface area contributed by atoms with E-state index in [1.54, 1.807) is 0 Å². The predicted octanol–water partition coefficient (Wildman–Crippen LogP) is 3.83. The molecule has 2 heteroatoms. The summed E-state index contributed by atoms with van der Waals surface area (Å²) in [7, 11) is 0. The number of carbonyl (C=O) groups is 1. The van der Waals surface area contributed by atoms with Crippen molar-refractivity contribution in [2.45, 2.75) is 44.9 Å². The Bertz CT molecular complexity index is 526. The van der Waals surface area contributed by atoms with Crippen LogP contribution in [0.2, 0.25) is 0 Å². The lowest BCUT2D eigenvalue weighted by Crippen LogP contribution is -2.40. The molecule has 3 fully saturated rings. The van der Waals surface area contributed by atoms with Crippen LogP contribution in [-0.4, -0.2) is 23.9 Å². The van der Waals surface area contributed by atoms with Gasteiger partial charge in [-0.3, -0.25) is 4.79 Å². The van der Waals surface area contributed by atoms with Gasteiger partial charge in [-0.1, -0.05) is 37.3 Å². The van der Waals surface area contributed by atoms with E-state index in [0.717, 1.165) is 19.0 Å². The number of amides is 1. The van der Waals surface area contributed by atoms with Gasteiger partial charge in [-0.15, -0.1) is 0 Å². The van der Waals surface area contributed by atoms with E-state index in [9.17, 15) is 4.79 Å². The Labute approximate surface area is 127 Å². The van der Waals surface area contributed by atoms with Crippen molar-refractivity contribution in [1.29, 1.82) is 0 Å². The normalized spacial score (nSPS) is 28.4. The Morgan fingerprint density at radius 2 is 1.86 bits per heavy atom. The Kier molecular flexibility index (Phi) is 3.09. The molecule has 2 unspecified atom stereocenters. The van der Waals surface area contributed by atoms with E-state index in [4.69, 9.17) is 0 Å². The van der Waals surface area contributed by atoms with Gasteiger partial charge < -0.3 is 4.90 Å². The number of benzene rings is 1. The van der Waals surface area contributed by atoms with Crippen molar-refractivity contribution in [2.24, 2.45) is 17.3 Å². The fourth-order valence-electron chi connectivity index (χ4n) is 4.28. The molecular weight excluding hydrogens is 258 g/mol. The second-order valence-corrected chi connectivity index (χ2v) is 7.48. The van der Waals surface area contributed by atoms with Gasteiger partial charge >= 0.3 is 0 Å². The highest BCUT2D eigenvalue weighted by Gasteiger charge is 2.66. The first-order valence-electron chi connectivity index (χ1n) is 8.53. The van der Waals surface area contributed by atoms with E-state index < -0.39 is 0 Å². The quantitative estimate of drug-likeness (QED) is 0.825. The van der Waals surface area contributed by atoms with Crippen LogP contribution in [-0.2, 0) is 4.79 Å². The number of hydrogen-bond donors (Lipinski definition) is 0. The lowest BCUT2D eigenvalue weighted by molar-refractivity contribution is -0.134. The molecule has 0 aromatic heterocycles. The Hall–Kier alpha value is -1.31. The number of piperidine rings is 1. The monoisotopic (exact) mass is 283 g/mol. The molecule has 0 N–H and O–H groups in total. The molecule has 1 aliphatic heterocycles. The smallest absolute Gasteiger partial charge is 0.226 e. The maximum Gasteiger partial charge on any atom is 0.226 e. The summed E-state index contributed by atoms with van der Waals surface area (Å²) in [6, 6.07) is 10.8. The maximum absolute atomic E-state index is 12.5. The average Bonchev–Trinajstić information content (AvgIpc) is 3.47. The van der Waals surface area contributed by atoms with Crippen molar-refractivity contribution in [3.8, 4) is 0 Å². The summed E-state index contributed by atoms with van der Waals surface area (Å²) in [5, 5.41) is 0. The van der Waals surface area contributed by atoms with Crippen LogP contribution in [0.25, 0.3) is 0 Å². The van der Waals surface area contributed by atoms with Gasteiger partial charge in [0.15, 0.2) is 0 Å². The van der Waals surface area contributed by atoms with E-state index in [0.29, 0.717) is 23.2 Å². The summed E-state index contributed by atoms with van der Waals surface area (Å²) in [6.07, 6.45) is 6.14. The first-order valence-corrected chi connectivity index (χ1v) is 8.53. The molecule has 4 rings (SSSR count). The summed E-state index contributed by atoms with van der Waals surface area (Å²) >= 11 is 0. The Balaban J connectivity index is 1.33. The van der Waals surface area contributed by atoms with Crippen LogP contribution in [0.1, 0.15) is 50.5 Å². The van der Waals surface area contributed by atoms with Crippen LogP contribution in [0, 0.1) is 17.3 Å². The van der Waals surface area contributed by atoms with Gasteiger partial charge in [0.1, 0.15) is 0 Å². The second kappa shape index (κ2) is 4.86. The van der Waals surface area contributed by atoms with E-state index in [1.165, 1.54) is 37.7 Å². The Morgan fingerprint density at radius 1 is 1.19 bits per heavy atom. The molecule has 1 aromatic rings. The van der Waals surface area contributed by atoms with Gasteiger partial charge in [-0.2, -0.15) is 0 Å². The zero-order valence-electron chi connectivity index (χ0n) is 12.9. The fourth-order valence-corrected chi connectivity index (χ4v) is 4.28. The van der Waals surface area contributed by atoms with Crippen molar-refractivity contribution in [2.75, 3.05) is 13.1 Å². The lowest BCUT2D eigenvalue weighted by Gasteiger charge is -2.35. The number of hydrogen-bond acceptors (Lipinski definition) is 1. The van der Waals surface area contributed by atoms with Gasteiger partial charge in [0.25, 0.3) is 0 Å². The average molecular weight is 283 g/mol. The first kappa shape index (κ1) is 13.4. The van der Waals surface area contributed by atoms with E-state index in [1.807, 2.05) is 0 Å². The summed E-state index contributed by atoms with van der Waals surface area (Å²) in [5.41, 5.74) is 1.95. The maximum atomic E-state index is 12.5. The third kappa shape index (κ3) is 2.39. The molecule has 2 aliphatic carbocycles. The van der Waals surface area contributed by atoms with Crippen LogP contribution < -0.4 is 0 Å². The zero-order chi connectivity index (χ0) is 14.4. The van der Waals surface area contributed by atoms with Crippen molar-refractivity contribution < 1.29 is 4.79 Å². The molecule has 1 spiro atoms. The minimum Gasteiger partial charge on any atom is -0.342 e. The van der Waals surface area contributed by atoms with Crippen molar-refractivity contribution >= 4 is 5.91 Å². The second-order valence-electron chi connectivity index (χ2n) is 7.48. The van der Waals surface area contributed by atoms with Crippen LogP contribution in [0.4, 0.5) is 0 Å². The van der Waals surface area contributed by atoms with E-state index in [-0.39, 0.29) is 0 Å². The van der Waals surface area contributed by atoms with Crippen LogP contribution in [0.15, 0.2) is 30.3 Å². The standard InChI is InChI=1S/C19H25NO/c1-14(15-5-3-2-4-6-15)16-7-11-20(12-8-16)18(21)17-13-19(17)9-10-19/h2-6,14,16-17H,7-13H2,1H3. The number of carbonyl (C=O) groups excluding carboxylic acids is 1. The molecule has 1 saturated heterocycles. The van der Waals surface area contributed by atoms with Crippen molar-refractivity contribution in [3.63, 3.8) is 0 Å². The summed E-state index contributed by atoms with van der Waals surface area (Å²) in [4.78, 5) is 14.6. The molecule has 2 nitrogen and oxygen atoms in total. The molecule has 112 valence electrons. The topological polar surface area (TPSA) is 20.3 Å². The zero-order valence-corrected chi connectivity index (χ0v) is 12.9. The summed E-state index contributed by atoms with van der Waals surface area (Å²) in [6.45, 7) is 4.30. The van der Waals surface area contributed by atoms with E-state index >= 15 is 0 Å². The highest BCUT2D eigenvalue weighted by molar-refractivity contribution is 5.83. The minimum atomic E-state index is 0.403. The van der Waals surface area contributed by atoms with Gasteiger partial charge in [0.05, 0.1) is 0 Å². The van der Waals surface area contributed by atoms with Crippen LogP contribution in [0.3, 0.4) is 0 Å². The molecule has 1 heterocycles. The van der Waals surface area contributed by atoms with Gasteiger partial charge in [-0.05, 0) is 54.9 Å². The first-order chi connectivity index (χ1) is 10.2. The van der Waals surface area contributed by atoms with E-state index in [2.05, 4.69) is 42.2 Å². The molecule has 0 bridgehead atoms. The van der Waals surface area contributed by atoms with Crippen LogP contribution in [0.5, 0.6) is 0 Å². The molecule has 2 saturated carbocycles. The third-order valence-corrected chi connectivity index (χ3v) is 6.26. The molecule has 3 aliphatic rings. The predicted molar refractivity (Wildman–Crippen MR) is 83.9 cm³/mol. The number of rotatable bonds is 3. The highest BCUT2D eigenvalue weighted by atomic mass is 16.2. The molecule has 2 atom stereocenters. The van der Waals surface area contributed by atoms with Gasteiger partial charge in [0.2, 0.25) is 5.91 Å². The van der Waals surface area contributed by atoms with Crippen molar-refractivity contribution in [1.82, 2.24) is 4.90 Å². The van der Waals surface area contributed by atoms with Crippen molar-refractivity contribution in [3.05, 3.63) is 35.9 Å². The largest absolute Gasteiger partial charge is 0.342 e. The third-order valence-electron chi connectivity index (χ3n) is 6.26. The summed E-state index contributed by atoms with van der Waals surface area (Å²) in [5.74, 6) is 2.21. The molecule has 1 amide bonds. The van der Waals surface area contributed by atoms with Gasteiger partial charge in [-0.25, -0.2) is 0 Å². The SMILES string of the molecule is CC(c1ccccc1)C1CCN(C(=O)C2CC23CC3)CC1. The molecule has 0 radical (unpaired) electrons. The number of nitrogens with zero attached hydrogens (tertiary/aromatic N) is 1.